The molecule has 2 N–H and O–H groups in total. The van der Waals surface area contributed by atoms with Crippen LogP contribution in [0.15, 0.2) is 4.79 Å². The summed E-state index contributed by atoms with van der Waals surface area (Å²) in [6.45, 7) is 9.27. The smallest absolute Gasteiger partial charge is 0.271 e. The molecule has 1 aromatic heterocycles. The van der Waals surface area contributed by atoms with Gasteiger partial charge in [-0.2, -0.15) is 5.26 Å². The minimum atomic E-state index is -0.370. The van der Waals surface area contributed by atoms with E-state index in [0.717, 1.165) is 25.1 Å². The molecule has 1 unspecified atom stereocenters. The highest BCUT2D eigenvalue weighted by Gasteiger charge is 2.25. The van der Waals surface area contributed by atoms with Crippen molar-refractivity contribution >= 4 is 0 Å². The number of hydrogen-bond donors (Lipinski definition) is 2. The first-order valence-electron chi connectivity index (χ1n) is 8.18. The van der Waals surface area contributed by atoms with Gasteiger partial charge in [0.05, 0.1) is 18.7 Å². The molecular weight excluding hydrogens is 278 g/mol. The molecule has 2 atom stereocenters. The molecule has 0 bridgehead atoms. The first-order valence-corrected chi connectivity index (χ1v) is 8.18. The van der Waals surface area contributed by atoms with E-state index in [4.69, 9.17) is 0 Å². The van der Waals surface area contributed by atoms with Crippen LogP contribution in [0.25, 0.3) is 0 Å². The molecule has 1 saturated heterocycles. The summed E-state index contributed by atoms with van der Waals surface area (Å²) in [5.74, 6) is 0.734. The van der Waals surface area contributed by atoms with Gasteiger partial charge in [-0.25, -0.2) is 0 Å². The molecule has 1 fully saturated rings. The number of nitrogens with one attached hydrogen (secondary N) is 1. The lowest BCUT2D eigenvalue weighted by Crippen LogP contribution is -3.12. The molecule has 0 aromatic carbocycles. The molecule has 2 heterocycles. The van der Waals surface area contributed by atoms with E-state index in [1.54, 1.807) is 6.92 Å². The monoisotopic (exact) mass is 304 g/mol. The summed E-state index contributed by atoms with van der Waals surface area (Å²) in [5, 5.41) is 19.8. The number of nitrogens with zero attached hydrogens (tertiary/aromatic N) is 2. The van der Waals surface area contributed by atoms with Crippen LogP contribution in [0.5, 0.6) is 5.88 Å². The van der Waals surface area contributed by atoms with Crippen molar-refractivity contribution in [1.82, 2.24) is 4.57 Å². The van der Waals surface area contributed by atoms with Crippen LogP contribution in [0.3, 0.4) is 0 Å². The second-order valence-corrected chi connectivity index (χ2v) is 6.50. The molecule has 0 spiro atoms. The SMILES string of the molecule is CCCn1c(O)c(C[NH+]2CCC[C@@H](C)C2)c(C)c(C#N)c1=O. The number of rotatable bonds is 4. The quantitative estimate of drug-likeness (QED) is 0.870. The molecule has 1 aliphatic heterocycles. The van der Waals surface area contributed by atoms with E-state index in [0.29, 0.717) is 24.6 Å². The lowest BCUT2D eigenvalue weighted by atomic mass is 9.98. The molecule has 1 aromatic rings. The summed E-state index contributed by atoms with van der Waals surface area (Å²) >= 11 is 0. The zero-order valence-electron chi connectivity index (χ0n) is 13.8. The topological polar surface area (TPSA) is 70.5 Å². The third-order valence-corrected chi connectivity index (χ3v) is 4.66. The predicted molar refractivity (Wildman–Crippen MR) is 84.9 cm³/mol. The fourth-order valence-electron chi connectivity index (χ4n) is 3.46. The molecule has 5 nitrogen and oxygen atoms in total. The summed E-state index contributed by atoms with van der Waals surface area (Å²) in [7, 11) is 0. The zero-order valence-corrected chi connectivity index (χ0v) is 13.8. The number of hydrogen-bond acceptors (Lipinski definition) is 3. The summed E-state index contributed by atoms with van der Waals surface area (Å²) < 4.78 is 1.35. The van der Waals surface area contributed by atoms with Crippen molar-refractivity contribution < 1.29 is 10.0 Å². The summed E-state index contributed by atoms with van der Waals surface area (Å²) in [6, 6.07) is 2.02. The van der Waals surface area contributed by atoms with Gasteiger partial charge in [-0.05, 0) is 31.7 Å². The molecule has 22 heavy (non-hydrogen) atoms. The Balaban J connectivity index is 2.44. The minimum absolute atomic E-state index is 0.0501. The second-order valence-electron chi connectivity index (χ2n) is 6.50. The van der Waals surface area contributed by atoms with Gasteiger partial charge in [0.2, 0.25) is 5.88 Å². The third kappa shape index (κ3) is 3.17. The van der Waals surface area contributed by atoms with Crippen LogP contribution in [-0.2, 0) is 13.1 Å². The Morgan fingerprint density at radius 1 is 1.50 bits per heavy atom. The van der Waals surface area contributed by atoms with E-state index in [2.05, 4.69) is 6.92 Å². The van der Waals surface area contributed by atoms with Gasteiger partial charge in [0, 0.05) is 12.5 Å². The number of aromatic nitrogens is 1. The number of pyridine rings is 1. The van der Waals surface area contributed by atoms with Crippen LogP contribution in [0, 0.1) is 24.2 Å². The Hall–Kier alpha value is -1.80. The number of likely N-dealkylation sites (tertiary alicyclic amines) is 1. The van der Waals surface area contributed by atoms with Crippen molar-refractivity contribution in [1.29, 1.82) is 5.26 Å². The highest BCUT2D eigenvalue weighted by Crippen LogP contribution is 2.21. The van der Waals surface area contributed by atoms with Gasteiger partial charge < -0.3 is 10.0 Å². The summed E-state index contributed by atoms with van der Waals surface area (Å²) in [4.78, 5) is 13.7. The molecule has 0 amide bonds. The average Bonchev–Trinajstić information content (AvgIpc) is 2.49. The number of piperidine rings is 1. The minimum Gasteiger partial charge on any atom is -0.494 e. The molecule has 2 rings (SSSR count). The second kappa shape index (κ2) is 6.97. The number of nitriles is 1. The third-order valence-electron chi connectivity index (χ3n) is 4.66. The lowest BCUT2D eigenvalue weighted by Gasteiger charge is -2.29. The maximum atomic E-state index is 12.3. The summed E-state index contributed by atoms with van der Waals surface area (Å²) in [5.41, 5.74) is 1.20. The van der Waals surface area contributed by atoms with E-state index in [-0.39, 0.29) is 17.0 Å². The predicted octanol–water partition coefficient (Wildman–Crippen LogP) is 0.959. The Morgan fingerprint density at radius 2 is 2.23 bits per heavy atom. The molecule has 1 aliphatic rings. The van der Waals surface area contributed by atoms with Crippen LogP contribution < -0.4 is 10.5 Å². The number of quaternary nitrogens is 1. The Morgan fingerprint density at radius 3 is 2.82 bits per heavy atom. The number of aromatic hydroxyl groups is 1. The van der Waals surface area contributed by atoms with Crippen molar-refractivity contribution in [2.45, 2.75) is 53.1 Å². The van der Waals surface area contributed by atoms with E-state index in [9.17, 15) is 15.2 Å². The van der Waals surface area contributed by atoms with Crippen molar-refractivity contribution in [3.63, 3.8) is 0 Å². The first-order chi connectivity index (χ1) is 10.5. The van der Waals surface area contributed by atoms with Crippen molar-refractivity contribution in [2.75, 3.05) is 13.1 Å². The van der Waals surface area contributed by atoms with Gasteiger partial charge in [-0.3, -0.25) is 9.36 Å². The Kier molecular flexibility index (Phi) is 5.25. The van der Waals surface area contributed by atoms with Crippen LogP contribution in [0.4, 0.5) is 0 Å². The van der Waals surface area contributed by atoms with Gasteiger partial charge in [-0.1, -0.05) is 13.8 Å². The maximum absolute atomic E-state index is 12.3. The van der Waals surface area contributed by atoms with Gasteiger partial charge >= 0.3 is 0 Å². The summed E-state index contributed by atoms with van der Waals surface area (Å²) in [6.07, 6.45) is 3.19. The maximum Gasteiger partial charge on any atom is 0.271 e. The molecule has 0 radical (unpaired) electrons. The zero-order chi connectivity index (χ0) is 16.3. The first kappa shape index (κ1) is 16.6. The van der Waals surface area contributed by atoms with Gasteiger partial charge in [0.1, 0.15) is 18.2 Å². The van der Waals surface area contributed by atoms with E-state index >= 15 is 0 Å². The standard InChI is InChI=1S/C17H25N3O2/c1-4-7-20-16(21)14(9-18)13(3)15(17(20)22)11-19-8-5-6-12(2)10-19/h12,22H,4-8,10-11H2,1-3H3/p+1/t12-/m1/s1. The van der Waals surface area contributed by atoms with Gasteiger partial charge in [-0.15, -0.1) is 0 Å². The fourth-order valence-corrected chi connectivity index (χ4v) is 3.46. The highest BCUT2D eigenvalue weighted by atomic mass is 16.3. The van der Waals surface area contributed by atoms with Crippen LogP contribution in [-0.4, -0.2) is 22.8 Å². The van der Waals surface area contributed by atoms with Crippen LogP contribution in [0.2, 0.25) is 0 Å². The molecule has 0 saturated carbocycles. The Labute approximate surface area is 131 Å². The molecule has 0 aliphatic carbocycles. The fraction of sp³-hybridized carbons (Fsp3) is 0.647. The highest BCUT2D eigenvalue weighted by molar-refractivity contribution is 5.44. The normalized spacial score (nSPS) is 21.5. The van der Waals surface area contributed by atoms with Crippen molar-refractivity contribution in [2.24, 2.45) is 5.92 Å². The van der Waals surface area contributed by atoms with E-state index in [1.807, 2.05) is 13.0 Å². The van der Waals surface area contributed by atoms with Crippen LogP contribution >= 0.6 is 0 Å². The van der Waals surface area contributed by atoms with Gasteiger partial charge in [0.25, 0.3) is 5.56 Å². The molecular formula is C17H26N3O2+. The van der Waals surface area contributed by atoms with E-state index in [1.165, 1.54) is 22.3 Å². The lowest BCUT2D eigenvalue weighted by molar-refractivity contribution is -0.922. The largest absolute Gasteiger partial charge is 0.494 e. The van der Waals surface area contributed by atoms with E-state index < -0.39 is 0 Å². The van der Waals surface area contributed by atoms with Crippen LogP contribution in [0.1, 0.15) is 49.8 Å². The van der Waals surface area contributed by atoms with Crippen molar-refractivity contribution in [3.8, 4) is 11.9 Å². The van der Waals surface area contributed by atoms with Crippen molar-refractivity contribution in [3.05, 3.63) is 27.0 Å². The molecule has 120 valence electrons. The Bertz CT molecular complexity index is 643. The van der Waals surface area contributed by atoms with Gasteiger partial charge in [0.15, 0.2) is 0 Å². The average molecular weight is 304 g/mol. The molecule has 5 heteroatoms.